The van der Waals surface area contributed by atoms with Gasteiger partial charge in [-0.2, -0.15) is 0 Å². The smallest absolute Gasteiger partial charge is 0.220 e. The number of aliphatic hydroxyl groups excluding tert-OH is 8. The summed E-state index contributed by atoms with van der Waals surface area (Å²) in [5.74, 6) is -0.246. The molecule has 0 aromatic heterocycles. The van der Waals surface area contributed by atoms with Crippen molar-refractivity contribution in [2.45, 2.75) is 312 Å². The Hall–Kier alpha value is -1.53. The molecule has 0 bridgehead atoms. The lowest BCUT2D eigenvalue weighted by atomic mass is 9.97. The van der Waals surface area contributed by atoms with Crippen molar-refractivity contribution in [3.63, 3.8) is 0 Å². The predicted octanol–water partition coefficient (Wildman–Crippen LogP) is 9.28. The van der Waals surface area contributed by atoms with Crippen molar-refractivity contribution >= 4 is 5.91 Å². The van der Waals surface area contributed by atoms with E-state index in [4.69, 9.17) is 18.9 Å². The SMILES string of the molecule is CCCCCCCCC/C=C/CC/C=C/C(O)C(COC1OC(CO)C(OC2OC(CO)C(O)C(O)C2O)C(O)C1O)NC(=O)CCCCCCCCCCCCCCCCCCCCCCCCCC. The lowest BCUT2D eigenvalue weighted by Crippen LogP contribution is -2.65. The standard InChI is InChI=1S/C57H107NO13/c1-3-5-7-9-11-13-15-17-18-19-20-21-22-23-24-25-26-27-29-31-33-35-37-39-41-49(62)58-45(46(61)40-38-36-34-32-30-28-16-14-12-10-8-6-4-2)44-68-56-54(67)52(65)55(48(43-60)70-56)71-57-53(66)51(64)50(63)47(42-59)69-57/h30,32,38,40,45-48,50-57,59-61,63-67H,3-29,31,33-37,39,41-44H2,1-2H3,(H,58,62)/b32-30+,40-38+. The van der Waals surface area contributed by atoms with Crippen molar-refractivity contribution in [1.82, 2.24) is 5.32 Å². The van der Waals surface area contributed by atoms with E-state index in [-0.39, 0.29) is 18.9 Å². The highest BCUT2D eigenvalue weighted by Gasteiger charge is 2.51. The minimum absolute atomic E-state index is 0.246. The first kappa shape index (κ1) is 65.6. The maximum atomic E-state index is 13.2. The van der Waals surface area contributed by atoms with E-state index < -0.39 is 86.8 Å². The molecule has 2 fully saturated rings. The molecule has 0 aromatic rings. The van der Waals surface area contributed by atoms with Crippen molar-refractivity contribution in [3.8, 4) is 0 Å². The Morgan fingerprint density at radius 1 is 0.493 bits per heavy atom. The van der Waals surface area contributed by atoms with Crippen molar-refractivity contribution in [2.75, 3.05) is 19.8 Å². The average molecular weight is 1010 g/mol. The van der Waals surface area contributed by atoms with Gasteiger partial charge in [0.2, 0.25) is 5.91 Å². The number of ether oxygens (including phenoxy) is 4. The van der Waals surface area contributed by atoms with Gasteiger partial charge in [0, 0.05) is 6.42 Å². The van der Waals surface area contributed by atoms with Gasteiger partial charge in [-0.15, -0.1) is 0 Å². The summed E-state index contributed by atoms with van der Waals surface area (Å²) in [6.45, 7) is 2.78. The van der Waals surface area contributed by atoms with E-state index in [0.717, 1.165) is 32.1 Å². The molecule has 2 rings (SSSR count). The largest absolute Gasteiger partial charge is 0.394 e. The zero-order chi connectivity index (χ0) is 51.7. The van der Waals surface area contributed by atoms with Gasteiger partial charge in [0.05, 0.1) is 32.0 Å². The Morgan fingerprint density at radius 3 is 1.38 bits per heavy atom. The monoisotopic (exact) mass is 1010 g/mol. The second-order valence-electron chi connectivity index (χ2n) is 20.8. The number of carbonyl (C=O) groups is 1. The van der Waals surface area contributed by atoms with Crippen LogP contribution in [0.2, 0.25) is 0 Å². The quantitative estimate of drug-likeness (QED) is 0.0205. The van der Waals surface area contributed by atoms with E-state index >= 15 is 0 Å². The molecule has 71 heavy (non-hydrogen) atoms. The molecule has 1 amide bonds. The topological polar surface area (TPSA) is 228 Å². The predicted molar refractivity (Wildman–Crippen MR) is 282 cm³/mol. The molecule has 2 saturated heterocycles. The maximum absolute atomic E-state index is 13.2. The molecule has 14 heteroatoms. The number of hydrogen-bond acceptors (Lipinski definition) is 13. The highest BCUT2D eigenvalue weighted by molar-refractivity contribution is 5.76. The van der Waals surface area contributed by atoms with Gasteiger partial charge in [-0.1, -0.05) is 224 Å². The Morgan fingerprint density at radius 2 is 0.901 bits per heavy atom. The van der Waals surface area contributed by atoms with Crippen LogP contribution < -0.4 is 5.32 Å². The summed E-state index contributed by atoms with van der Waals surface area (Å²) in [5, 5.41) is 86.9. The molecule has 12 unspecified atom stereocenters. The molecule has 0 aromatic carbocycles. The van der Waals surface area contributed by atoms with Crippen LogP contribution in [0.25, 0.3) is 0 Å². The fraction of sp³-hybridized carbons (Fsp3) is 0.912. The van der Waals surface area contributed by atoms with Crippen LogP contribution in [0.5, 0.6) is 0 Å². The number of unbranched alkanes of at least 4 members (excludes halogenated alkanes) is 31. The third-order valence-electron chi connectivity index (χ3n) is 14.4. The van der Waals surface area contributed by atoms with Crippen LogP contribution in [-0.2, 0) is 23.7 Å². The molecular formula is C57H107NO13. The Kier molecular flexibility index (Phi) is 40.4. The molecule has 0 saturated carbocycles. The number of amides is 1. The van der Waals surface area contributed by atoms with Gasteiger partial charge >= 0.3 is 0 Å². The van der Waals surface area contributed by atoms with E-state index in [9.17, 15) is 45.6 Å². The van der Waals surface area contributed by atoms with Gasteiger partial charge in [0.25, 0.3) is 0 Å². The minimum Gasteiger partial charge on any atom is -0.394 e. The number of rotatable bonds is 46. The molecule has 418 valence electrons. The van der Waals surface area contributed by atoms with Crippen LogP contribution in [-0.4, -0.2) is 140 Å². The molecule has 0 radical (unpaired) electrons. The summed E-state index contributed by atoms with van der Waals surface area (Å²) in [6.07, 6.45) is 33.7. The van der Waals surface area contributed by atoms with E-state index in [1.165, 1.54) is 173 Å². The van der Waals surface area contributed by atoms with Crippen LogP contribution >= 0.6 is 0 Å². The van der Waals surface area contributed by atoms with E-state index in [0.29, 0.717) is 12.8 Å². The average Bonchev–Trinajstić information content (AvgIpc) is 3.37. The second-order valence-corrected chi connectivity index (χ2v) is 20.8. The number of aliphatic hydroxyl groups is 8. The van der Waals surface area contributed by atoms with Gasteiger partial charge in [0.15, 0.2) is 12.6 Å². The second kappa shape index (κ2) is 43.7. The molecule has 14 nitrogen and oxygen atoms in total. The van der Waals surface area contributed by atoms with Gasteiger partial charge in [-0.25, -0.2) is 0 Å². The Labute approximate surface area is 430 Å². The van der Waals surface area contributed by atoms with Crippen molar-refractivity contribution in [2.24, 2.45) is 0 Å². The molecule has 12 atom stereocenters. The van der Waals surface area contributed by atoms with Crippen LogP contribution in [0.1, 0.15) is 239 Å². The Bertz CT molecular complexity index is 1290. The number of allylic oxidation sites excluding steroid dienone is 3. The van der Waals surface area contributed by atoms with E-state index in [1.807, 2.05) is 6.08 Å². The van der Waals surface area contributed by atoms with Gasteiger partial charge in [-0.3, -0.25) is 4.79 Å². The lowest BCUT2D eigenvalue weighted by molar-refractivity contribution is -0.359. The van der Waals surface area contributed by atoms with Crippen LogP contribution in [0.4, 0.5) is 0 Å². The van der Waals surface area contributed by atoms with E-state index in [2.05, 4.69) is 31.3 Å². The minimum atomic E-state index is -1.79. The summed E-state index contributed by atoms with van der Waals surface area (Å²) in [6, 6.07) is -0.926. The highest BCUT2D eigenvalue weighted by Crippen LogP contribution is 2.30. The summed E-state index contributed by atoms with van der Waals surface area (Å²) in [5.41, 5.74) is 0. The first-order valence-corrected chi connectivity index (χ1v) is 29.1. The third kappa shape index (κ3) is 30.0. The molecule has 2 heterocycles. The normalized spacial score (nSPS) is 25.9. The summed E-state index contributed by atoms with van der Waals surface area (Å²) < 4.78 is 22.7. The zero-order valence-corrected chi connectivity index (χ0v) is 44.7. The number of hydrogen-bond donors (Lipinski definition) is 9. The Balaban J connectivity index is 1.74. The van der Waals surface area contributed by atoms with Crippen LogP contribution in [0.15, 0.2) is 24.3 Å². The molecular weight excluding hydrogens is 907 g/mol. The van der Waals surface area contributed by atoms with Gasteiger partial charge in [-0.05, 0) is 32.1 Å². The van der Waals surface area contributed by atoms with Gasteiger partial charge < -0.3 is 65.1 Å². The highest BCUT2D eigenvalue weighted by atomic mass is 16.7. The maximum Gasteiger partial charge on any atom is 0.220 e. The van der Waals surface area contributed by atoms with Crippen LogP contribution in [0.3, 0.4) is 0 Å². The summed E-state index contributed by atoms with van der Waals surface area (Å²) in [4.78, 5) is 13.2. The molecule has 0 spiro atoms. The van der Waals surface area contributed by atoms with Crippen molar-refractivity contribution in [1.29, 1.82) is 0 Å². The first-order chi connectivity index (χ1) is 34.6. The number of carbonyl (C=O) groups excluding carboxylic acids is 1. The van der Waals surface area contributed by atoms with E-state index in [1.54, 1.807) is 6.08 Å². The lowest BCUT2D eigenvalue weighted by Gasteiger charge is -2.46. The van der Waals surface area contributed by atoms with Gasteiger partial charge in [0.1, 0.15) is 48.8 Å². The fourth-order valence-electron chi connectivity index (χ4n) is 9.66. The first-order valence-electron chi connectivity index (χ1n) is 29.1. The molecule has 0 aliphatic carbocycles. The molecule has 2 aliphatic rings. The molecule has 9 N–H and O–H groups in total. The van der Waals surface area contributed by atoms with Crippen molar-refractivity contribution < 1.29 is 64.6 Å². The summed E-state index contributed by atoms with van der Waals surface area (Å²) >= 11 is 0. The molecule has 2 aliphatic heterocycles. The fourth-order valence-corrected chi connectivity index (χ4v) is 9.66. The summed E-state index contributed by atoms with van der Waals surface area (Å²) in [7, 11) is 0. The number of nitrogens with one attached hydrogen (secondary N) is 1. The zero-order valence-electron chi connectivity index (χ0n) is 44.7. The van der Waals surface area contributed by atoms with Crippen LogP contribution in [0, 0.1) is 0 Å². The third-order valence-corrected chi connectivity index (χ3v) is 14.4. The van der Waals surface area contributed by atoms with Crippen molar-refractivity contribution in [3.05, 3.63) is 24.3 Å².